The Balaban J connectivity index is 1.84. The maximum Gasteiger partial charge on any atom is -0.0412 e. The molecule has 18 heavy (non-hydrogen) atoms. The third kappa shape index (κ3) is 7.44. The molecule has 1 aliphatic rings. The zero-order valence-electron chi connectivity index (χ0n) is 13.1. The van der Waals surface area contributed by atoms with Crippen LogP contribution in [-0.2, 0) is 0 Å². The Labute approximate surface area is 116 Å². The Morgan fingerprint density at radius 3 is 1.78 bits per heavy atom. The summed E-state index contributed by atoms with van der Waals surface area (Å²) >= 11 is 0. The van der Waals surface area contributed by atoms with Gasteiger partial charge in [-0.25, -0.2) is 0 Å². The number of hydrogen-bond donors (Lipinski definition) is 0. The predicted octanol–water partition coefficient (Wildman–Crippen LogP) is 6.73. The van der Waals surface area contributed by atoms with Crippen molar-refractivity contribution in [3.8, 4) is 0 Å². The largest absolute Gasteiger partial charge is 0.0654 e. The van der Waals surface area contributed by atoms with E-state index in [-0.39, 0.29) is 0 Å². The first kappa shape index (κ1) is 16.1. The van der Waals surface area contributed by atoms with Gasteiger partial charge in [-0.2, -0.15) is 0 Å². The van der Waals surface area contributed by atoms with Gasteiger partial charge in [0.25, 0.3) is 0 Å². The molecule has 0 N–H and O–H groups in total. The molecular weight excluding hydrogens is 216 g/mol. The lowest BCUT2D eigenvalue weighted by Gasteiger charge is -2.10. The van der Waals surface area contributed by atoms with E-state index in [9.17, 15) is 0 Å². The summed E-state index contributed by atoms with van der Waals surface area (Å²) in [6.07, 6.45) is 20.8. The quantitative estimate of drug-likeness (QED) is 0.357. The Hall–Kier alpha value is 0. The van der Waals surface area contributed by atoms with Gasteiger partial charge in [-0.3, -0.25) is 0 Å². The minimum absolute atomic E-state index is 1.09. The molecule has 0 heteroatoms. The summed E-state index contributed by atoms with van der Waals surface area (Å²) in [7, 11) is 0. The van der Waals surface area contributed by atoms with Crippen molar-refractivity contribution in [3.63, 3.8) is 0 Å². The third-order valence-corrected chi connectivity index (χ3v) is 4.81. The first-order valence-corrected chi connectivity index (χ1v) is 8.86. The minimum Gasteiger partial charge on any atom is -0.0654 e. The Morgan fingerprint density at radius 2 is 1.17 bits per heavy atom. The van der Waals surface area contributed by atoms with Gasteiger partial charge in [0, 0.05) is 0 Å². The highest BCUT2D eigenvalue weighted by atomic mass is 14.3. The van der Waals surface area contributed by atoms with Crippen LogP contribution in [0.5, 0.6) is 0 Å². The molecule has 0 aromatic carbocycles. The molecule has 108 valence electrons. The fourth-order valence-corrected chi connectivity index (χ4v) is 3.68. The smallest absolute Gasteiger partial charge is 0.0412 e. The first-order chi connectivity index (χ1) is 8.86. The van der Waals surface area contributed by atoms with Crippen LogP contribution in [-0.4, -0.2) is 0 Å². The fraction of sp³-hybridized carbons (Fsp3) is 1.00. The standard InChI is InChI=1S/C18H36/c1-3-5-6-7-8-9-10-11-13-18-15-14-17(16-18)12-4-2/h17-18H,3-16H2,1-2H3. The Kier molecular flexibility index (Phi) is 9.70. The monoisotopic (exact) mass is 252 g/mol. The Bertz CT molecular complexity index is 173. The second-order valence-electron chi connectivity index (χ2n) is 6.60. The van der Waals surface area contributed by atoms with Crippen LogP contribution in [0.15, 0.2) is 0 Å². The van der Waals surface area contributed by atoms with Crippen molar-refractivity contribution in [3.05, 3.63) is 0 Å². The van der Waals surface area contributed by atoms with Gasteiger partial charge >= 0.3 is 0 Å². The van der Waals surface area contributed by atoms with Crippen LogP contribution in [0.1, 0.15) is 104 Å². The molecule has 0 heterocycles. The van der Waals surface area contributed by atoms with Crippen LogP contribution in [0, 0.1) is 11.8 Å². The normalized spacial score (nSPS) is 23.7. The summed E-state index contributed by atoms with van der Waals surface area (Å²) in [6.45, 7) is 4.64. The molecule has 0 radical (unpaired) electrons. The summed E-state index contributed by atoms with van der Waals surface area (Å²) in [6, 6.07) is 0. The lowest BCUT2D eigenvalue weighted by atomic mass is 9.96. The Morgan fingerprint density at radius 1 is 0.611 bits per heavy atom. The molecule has 2 atom stereocenters. The van der Waals surface area contributed by atoms with E-state index in [1.165, 1.54) is 77.0 Å². The van der Waals surface area contributed by atoms with E-state index in [1.807, 2.05) is 0 Å². The summed E-state index contributed by atoms with van der Waals surface area (Å²) in [5, 5.41) is 0. The molecule has 0 aromatic heterocycles. The molecular formula is C18H36. The molecule has 0 aromatic rings. The SMILES string of the molecule is CCCCCCCCCCC1CCC(CCC)C1. The lowest BCUT2D eigenvalue weighted by molar-refractivity contribution is 0.424. The predicted molar refractivity (Wildman–Crippen MR) is 83.0 cm³/mol. The molecule has 0 aliphatic heterocycles. The van der Waals surface area contributed by atoms with Crippen molar-refractivity contribution in [1.82, 2.24) is 0 Å². The van der Waals surface area contributed by atoms with E-state index in [0.29, 0.717) is 0 Å². The number of hydrogen-bond acceptors (Lipinski definition) is 0. The van der Waals surface area contributed by atoms with E-state index < -0.39 is 0 Å². The van der Waals surface area contributed by atoms with Gasteiger partial charge in [-0.05, 0) is 18.3 Å². The van der Waals surface area contributed by atoms with Gasteiger partial charge < -0.3 is 0 Å². The van der Waals surface area contributed by atoms with Gasteiger partial charge in [-0.1, -0.05) is 97.3 Å². The lowest BCUT2D eigenvalue weighted by Crippen LogP contribution is -1.96. The topological polar surface area (TPSA) is 0 Å². The molecule has 1 aliphatic carbocycles. The maximum absolute atomic E-state index is 2.34. The van der Waals surface area contributed by atoms with Crippen LogP contribution in [0.2, 0.25) is 0 Å². The molecule has 1 rings (SSSR count). The van der Waals surface area contributed by atoms with E-state index in [4.69, 9.17) is 0 Å². The van der Waals surface area contributed by atoms with Gasteiger partial charge in [0.05, 0.1) is 0 Å². The van der Waals surface area contributed by atoms with Crippen LogP contribution in [0.25, 0.3) is 0 Å². The van der Waals surface area contributed by atoms with Gasteiger partial charge in [0.2, 0.25) is 0 Å². The van der Waals surface area contributed by atoms with E-state index in [2.05, 4.69) is 13.8 Å². The van der Waals surface area contributed by atoms with Gasteiger partial charge in [0.1, 0.15) is 0 Å². The highest BCUT2D eigenvalue weighted by Crippen LogP contribution is 2.36. The minimum atomic E-state index is 1.09. The number of unbranched alkanes of at least 4 members (excludes halogenated alkanes) is 7. The molecule has 1 saturated carbocycles. The molecule has 0 nitrogen and oxygen atoms in total. The first-order valence-electron chi connectivity index (χ1n) is 8.86. The summed E-state index contributed by atoms with van der Waals surface area (Å²) in [4.78, 5) is 0. The molecule has 0 spiro atoms. The van der Waals surface area contributed by atoms with Gasteiger partial charge in [0.15, 0.2) is 0 Å². The van der Waals surface area contributed by atoms with Crippen LogP contribution in [0.3, 0.4) is 0 Å². The second kappa shape index (κ2) is 10.9. The van der Waals surface area contributed by atoms with Crippen molar-refractivity contribution >= 4 is 0 Å². The maximum atomic E-state index is 2.34. The van der Waals surface area contributed by atoms with Crippen molar-refractivity contribution in [2.45, 2.75) is 104 Å². The average Bonchev–Trinajstić information content (AvgIpc) is 2.81. The average molecular weight is 252 g/mol. The third-order valence-electron chi connectivity index (χ3n) is 4.81. The van der Waals surface area contributed by atoms with Crippen LogP contribution in [0.4, 0.5) is 0 Å². The molecule has 0 bridgehead atoms. The van der Waals surface area contributed by atoms with Gasteiger partial charge in [-0.15, -0.1) is 0 Å². The van der Waals surface area contributed by atoms with E-state index in [0.717, 1.165) is 11.8 Å². The summed E-state index contributed by atoms with van der Waals surface area (Å²) in [5.74, 6) is 2.19. The zero-order chi connectivity index (χ0) is 13.1. The highest BCUT2D eigenvalue weighted by molar-refractivity contribution is 4.75. The molecule has 0 amide bonds. The summed E-state index contributed by atoms with van der Waals surface area (Å²) in [5.41, 5.74) is 0. The molecule has 2 unspecified atom stereocenters. The summed E-state index contributed by atoms with van der Waals surface area (Å²) < 4.78 is 0. The van der Waals surface area contributed by atoms with E-state index >= 15 is 0 Å². The number of rotatable bonds is 11. The van der Waals surface area contributed by atoms with Crippen molar-refractivity contribution < 1.29 is 0 Å². The van der Waals surface area contributed by atoms with Crippen molar-refractivity contribution in [1.29, 1.82) is 0 Å². The van der Waals surface area contributed by atoms with Crippen LogP contribution >= 0.6 is 0 Å². The highest BCUT2D eigenvalue weighted by Gasteiger charge is 2.23. The van der Waals surface area contributed by atoms with Crippen molar-refractivity contribution in [2.24, 2.45) is 11.8 Å². The fourth-order valence-electron chi connectivity index (χ4n) is 3.68. The second-order valence-corrected chi connectivity index (χ2v) is 6.60. The van der Waals surface area contributed by atoms with Crippen LogP contribution < -0.4 is 0 Å². The van der Waals surface area contributed by atoms with E-state index in [1.54, 1.807) is 12.8 Å². The molecule has 0 saturated heterocycles. The molecule has 1 fully saturated rings. The zero-order valence-corrected chi connectivity index (χ0v) is 13.1. The van der Waals surface area contributed by atoms with Crippen molar-refractivity contribution in [2.75, 3.05) is 0 Å².